The van der Waals surface area contributed by atoms with Crippen molar-refractivity contribution in [1.82, 2.24) is 9.36 Å². The third kappa shape index (κ3) is 3.38. The van der Waals surface area contributed by atoms with E-state index in [0.717, 1.165) is 11.4 Å². The average Bonchev–Trinajstić information content (AvgIpc) is 2.78. The second kappa shape index (κ2) is 7.40. The van der Waals surface area contributed by atoms with Crippen LogP contribution < -0.4 is 10.9 Å². The summed E-state index contributed by atoms with van der Waals surface area (Å²) < 4.78 is 8.15. The molecule has 2 rings (SSSR count). The Bertz CT molecular complexity index is 835. The maximum absolute atomic E-state index is 12.8. The summed E-state index contributed by atoms with van der Waals surface area (Å²) in [7, 11) is 1.79. The molecule has 0 fully saturated rings. The lowest BCUT2D eigenvalue weighted by Gasteiger charge is -2.08. The minimum Gasteiger partial charge on any atom is -0.462 e. The van der Waals surface area contributed by atoms with Crippen molar-refractivity contribution in [2.45, 2.75) is 20.8 Å². The molecule has 1 N–H and O–H groups in total. The second-order valence-electron chi connectivity index (χ2n) is 5.22. The van der Waals surface area contributed by atoms with Crippen LogP contribution in [0, 0.1) is 6.92 Å². The van der Waals surface area contributed by atoms with E-state index in [-0.39, 0.29) is 17.2 Å². The van der Waals surface area contributed by atoms with Crippen molar-refractivity contribution in [3.63, 3.8) is 0 Å². The maximum atomic E-state index is 12.8. The minimum absolute atomic E-state index is 0.0780. The smallest absolute Gasteiger partial charge is 0.351 e. The highest BCUT2D eigenvalue weighted by Gasteiger charge is 2.18. The summed E-state index contributed by atoms with van der Waals surface area (Å²) in [6, 6.07) is 9.30. The fourth-order valence-electron chi connectivity index (χ4n) is 2.30. The zero-order chi connectivity index (χ0) is 17.9. The van der Waals surface area contributed by atoms with Crippen molar-refractivity contribution in [2.24, 2.45) is 7.05 Å². The molecular formula is C17H20ClN3O3. The molecular weight excluding hydrogens is 330 g/mol. The molecule has 0 aliphatic carbocycles. The first-order chi connectivity index (χ1) is 11.4. The van der Waals surface area contributed by atoms with Crippen LogP contribution in [-0.4, -0.2) is 21.9 Å². The average molecular weight is 350 g/mol. The molecule has 0 saturated carbocycles. The van der Waals surface area contributed by atoms with Crippen molar-refractivity contribution in [1.29, 1.82) is 0 Å². The molecule has 0 bridgehead atoms. The van der Waals surface area contributed by atoms with Gasteiger partial charge in [0.15, 0.2) is 0 Å². The van der Waals surface area contributed by atoms with Crippen molar-refractivity contribution in [3.8, 4) is 5.69 Å². The van der Waals surface area contributed by atoms with Crippen LogP contribution in [0.3, 0.4) is 0 Å². The molecule has 0 saturated heterocycles. The molecule has 0 atom stereocenters. The minimum atomic E-state index is -0.624. The van der Waals surface area contributed by atoms with Gasteiger partial charge in [-0.25, -0.2) is 9.48 Å². The van der Waals surface area contributed by atoms with E-state index < -0.39 is 5.97 Å². The lowest BCUT2D eigenvalue weighted by atomic mass is 10.3. The zero-order valence-electron chi connectivity index (χ0n) is 14.1. The quantitative estimate of drug-likeness (QED) is 0.666. The molecule has 0 aliphatic rings. The van der Waals surface area contributed by atoms with E-state index in [1.807, 2.05) is 37.3 Å². The summed E-state index contributed by atoms with van der Waals surface area (Å²) in [6.07, 6.45) is 0. The Morgan fingerprint density at radius 3 is 2.50 bits per heavy atom. The van der Waals surface area contributed by atoms with Crippen molar-refractivity contribution in [2.75, 3.05) is 11.9 Å². The zero-order valence-corrected chi connectivity index (χ0v) is 14.8. The lowest BCUT2D eigenvalue weighted by molar-refractivity contribution is -0.137. The molecule has 2 aromatic rings. The van der Waals surface area contributed by atoms with Crippen LogP contribution in [-0.2, 0) is 16.6 Å². The number of carbonyl (C=O) groups is 1. The van der Waals surface area contributed by atoms with Crippen LogP contribution >= 0.6 is 11.6 Å². The predicted molar refractivity (Wildman–Crippen MR) is 94.6 cm³/mol. The summed E-state index contributed by atoms with van der Waals surface area (Å²) in [5.74, 6) is -0.624. The number of esters is 1. The van der Waals surface area contributed by atoms with Gasteiger partial charge < -0.3 is 10.1 Å². The lowest BCUT2D eigenvalue weighted by Crippen LogP contribution is -2.21. The summed E-state index contributed by atoms with van der Waals surface area (Å²) in [5.41, 5.74) is 1.96. The molecule has 0 aliphatic heterocycles. The maximum Gasteiger partial charge on any atom is 0.351 e. The van der Waals surface area contributed by atoms with Gasteiger partial charge >= 0.3 is 5.97 Å². The molecule has 0 amide bonds. The van der Waals surface area contributed by atoms with Crippen LogP contribution in [0.4, 0.5) is 5.69 Å². The van der Waals surface area contributed by atoms with Gasteiger partial charge in [0.05, 0.1) is 18.0 Å². The topological polar surface area (TPSA) is 65.3 Å². The monoisotopic (exact) mass is 349 g/mol. The molecule has 128 valence electrons. The van der Waals surface area contributed by atoms with Crippen LogP contribution in [0.1, 0.15) is 19.5 Å². The Morgan fingerprint density at radius 2 is 1.92 bits per heavy atom. The Kier molecular flexibility index (Phi) is 5.51. The van der Waals surface area contributed by atoms with Gasteiger partial charge in [0.1, 0.15) is 10.7 Å². The molecule has 1 aromatic carbocycles. The number of carbonyl (C=O) groups excluding carboxylic acids is 1. The van der Waals surface area contributed by atoms with Gasteiger partial charge in [-0.15, -0.1) is 0 Å². The van der Waals surface area contributed by atoms with Crippen molar-refractivity contribution < 1.29 is 9.53 Å². The number of halogens is 1. The van der Waals surface area contributed by atoms with Crippen LogP contribution in [0.15, 0.2) is 45.9 Å². The van der Waals surface area contributed by atoms with E-state index >= 15 is 0 Å². The van der Waals surface area contributed by atoms with Crippen LogP contribution in [0.5, 0.6) is 0 Å². The fraction of sp³-hybridized carbons (Fsp3) is 0.294. The number of ether oxygens (including phenoxy) is 1. The largest absolute Gasteiger partial charge is 0.462 e. The number of nitrogens with one attached hydrogen (secondary N) is 1. The van der Waals surface area contributed by atoms with Gasteiger partial charge in [0, 0.05) is 12.7 Å². The number of hydrogen-bond acceptors (Lipinski definition) is 4. The van der Waals surface area contributed by atoms with Gasteiger partial charge in [0.2, 0.25) is 0 Å². The van der Waals surface area contributed by atoms with Gasteiger partial charge in [-0.3, -0.25) is 9.48 Å². The SMILES string of the molecule is CCOC(=O)/C(Cl)=C(/C)Nc1c(C)n(C)n(-c2ccccc2)c1=O. The van der Waals surface area contributed by atoms with E-state index in [1.54, 1.807) is 30.3 Å². The standard InChI is InChI=1S/C17H20ClN3O3/c1-5-24-17(23)14(18)11(2)19-15-12(3)20(4)21(16(15)22)13-9-7-6-8-10-13/h6-10,19H,5H2,1-4H3/b14-11+. The second-order valence-corrected chi connectivity index (χ2v) is 5.60. The number of allylic oxidation sites excluding steroid dienone is 1. The molecule has 24 heavy (non-hydrogen) atoms. The number of hydrogen-bond donors (Lipinski definition) is 1. The first kappa shape index (κ1) is 17.9. The molecule has 1 heterocycles. The van der Waals surface area contributed by atoms with Gasteiger partial charge in [-0.2, -0.15) is 0 Å². The molecule has 0 unspecified atom stereocenters. The predicted octanol–water partition coefficient (Wildman–Crippen LogP) is 2.93. The van der Waals surface area contributed by atoms with E-state index in [9.17, 15) is 9.59 Å². The van der Waals surface area contributed by atoms with Crippen LogP contribution in [0.25, 0.3) is 5.69 Å². The van der Waals surface area contributed by atoms with Gasteiger partial charge in [0.25, 0.3) is 5.56 Å². The fourth-order valence-corrected chi connectivity index (χ4v) is 2.40. The Morgan fingerprint density at radius 1 is 1.29 bits per heavy atom. The number of aromatic nitrogens is 2. The first-order valence-corrected chi connectivity index (χ1v) is 7.90. The van der Waals surface area contributed by atoms with Crippen molar-refractivity contribution >= 4 is 23.3 Å². The Hall–Kier alpha value is -2.47. The Labute approximate surface area is 145 Å². The third-order valence-electron chi connectivity index (χ3n) is 3.65. The number of benzene rings is 1. The summed E-state index contributed by atoms with van der Waals surface area (Å²) in [6.45, 7) is 5.37. The van der Waals surface area contributed by atoms with E-state index in [1.165, 1.54) is 0 Å². The highest BCUT2D eigenvalue weighted by molar-refractivity contribution is 6.41. The van der Waals surface area contributed by atoms with Crippen molar-refractivity contribution in [3.05, 3.63) is 57.1 Å². The molecule has 7 heteroatoms. The van der Waals surface area contributed by atoms with Crippen LogP contribution in [0.2, 0.25) is 0 Å². The molecule has 0 spiro atoms. The summed E-state index contributed by atoms with van der Waals surface area (Å²) in [4.78, 5) is 24.5. The summed E-state index contributed by atoms with van der Waals surface area (Å²) in [5, 5.41) is 2.86. The number of nitrogens with zero attached hydrogens (tertiary/aromatic N) is 2. The molecule has 6 nitrogen and oxygen atoms in total. The number of para-hydroxylation sites is 1. The van der Waals surface area contributed by atoms with Gasteiger partial charge in [-0.1, -0.05) is 29.8 Å². The molecule has 0 radical (unpaired) electrons. The molecule has 1 aromatic heterocycles. The number of rotatable bonds is 5. The Balaban J connectivity index is 2.45. The van der Waals surface area contributed by atoms with E-state index in [4.69, 9.17) is 16.3 Å². The summed E-state index contributed by atoms with van der Waals surface area (Å²) >= 11 is 6.01. The normalized spacial score (nSPS) is 11.9. The first-order valence-electron chi connectivity index (χ1n) is 7.53. The van der Waals surface area contributed by atoms with E-state index in [0.29, 0.717) is 11.4 Å². The van der Waals surface area contributed by atoms with Gasteiger partial charge in [-0.05, 0) is 32.9 Å². The van der Waals surface area contributed by atoms with E-state index in [2.05, 4.69) is 5.32 Å². The highest BCUT2D eigenvalue weighted by Crippen LogP contribution is 2.18. The third-order valence-corrected chi connectivity index (χ3v) is 4.09. The highest BCUT2D eigenvalue weighted by atomic mass is 35.5. The number of anilines is 1.